The fourth-order valence-electron chi connectivity index (χ4n) is 8.48. The minimum Gasteiger partial charge on any atom is -0.493 e. The molecular weight excluding hydrogens is 644 g/mol. The summed E-state index contributed by atoms with van der Waals surface area (Å²) < 4.78 is 13.3. The summed E-state index contributed by atoms with van der Waals surface area (Å²) in [5, 5.41) is 5.59. The van der Waals surface area contributed by atoms with Gasteiger partial charge >= 0.3 is 0 Å². The number of piperazine rings is 1. The van der Waals surface area contributed by atoms with Crippen LogP contribution in [0.5, 0.6) is 11.5 Å². The van der Waals surface area contributed by atoms with Gasteiger partial charge in [0.15, 0.2) is 17.1 Å². The maximum Gasteiger partial charge on any atom is 0.225 e. The van der Waals surface area contributed by atoms with Gasteiger partial charge in [-0.25, -0.2) is 14.6 Å². The highest BCUT2D eigenvalue weighted by Gasteiger charge is 2.49. The van der Waals surface area contributed by atoms with E-state index >= 15 is 0 Å². The van der Waals surface area contributed by atoms with Crippen LogP contribution in [0.3, 0.4) is 0 Å². The minimum absolute atomic E-state index is 0.0722. The molecule has 1 aliphatic carbocycles. The lowest BCUT2D eigenvalue weighted by atomic mass is 9.68. The van der Waals surface area contributed by atoms with Gasteiger partial charge in [-0.2, -0.15) is 5.10 Å². The van der Waals surface area contributed by atoms with Gasteiger partial charge in [0.25, 0.3) is 0 Å². The quantitative estimate of drug-likeness (QED) is 0.254. The largest absolute Gasteiger partial charge is 0.493 e. The number of methoxy groups -OCH3 is 2. The third kappa shape index (κ3) is 6.73. The fraction of sp³-hybridized carbons (Fsp3) is 0.513. The van der Waals surface area contributed by atoms with Crippen LogP contribution < -0.4 is 14.4 Å². The van der Waals surface area contributed by atoms with E-state index in [0.717, 1.165) is 54.5 Å². The molecule has 12 nitrogen and oxygen atoms in total. The molecule has 4 aromatic rings. The summed E-state index contributed by atoms with van der Waals surface area (Å²) in [5.41, 5.74) is 5.08. The van der Waals surface area contributed by atoms with E-state index in [9.17, 15) is 9.59 Å². The third-order valence-electron chi connectivity index (χ3n) is 11.2. The van der Waals surface area contributed by atoms with E-state index in [2.05, 4.69) is 73.1 Å². The molecule has 0 unspecified atom stereocenters. The second kappa shape index (κ2) is 14.5. The van der Waals surface area contributed by atoms with Gasteiger partial charge in [-0.1, -0.05) is 29.8 Å². The molecule has 3 aliphatic rings. The average molecular weight is 695 g/mol. The molecule has 270 valence electrons. The lowest BCUT2D eigenvalue weighted by molar-refractivity contribution is -0.144. The Hall–Kier alpha value is -4.71. The van der Waals surface area contributed by atoms with Crippen LogP contribution in [0.2, 0.25) is 0 Å². The number of hydrogen-bond acceptors (Lipinski definition) is 9. The van der Waals surface area contributed by atoms with Gasteiger partial charge in [-0.3, -0.25) is 9.59 Å². The molecule has 2 aromatic heterocycles. The van der Waals surface area contributed by atoms with Crippen molar-refractivity contribution < 1.29 is 19.1 Å². The molecular formula is C39H50N8O4. The zero-order chi connectivity index (χ0) is 35.7. The molecule has 12 heteroatoms. The Morgan fingerprint density at radius 2 is 1.71 bits per heavy atom. The van der Waals surface area contributed by atoms with Crippen molar-refractivity contribution in [1.82, 2.24) is 34.4 Å². The predicted octanol–water partition coefficient (Wildman–Crippen LogP) is 4.27. The van der Waals surface area contributed by atoms with E-state index in [4.69, 9.17) is 9.47 Å². The van der Waals surface area contributed by atoms with Gasteiger partial charge in [0.1, 0.15) is 12.1 Å². The Labute approximate surface area is 300 Å². The fourth-order valence-corrected chi connectivity index (χ4v) is 8.48. The Bertz CT molecular complexity index is 1890. The molecule has 0 bridgehead atoms. The first kappa shape index (κ1) is 34.7. The van der Waals surface area contributed by atoms with E-state index in [1.165, 1.54) is 16.7 Å². The molecule has 7 rings (SSSR count). The highest BCUT2D eigenvalue weighted by Crippen LogP contribution is 2.50. The molecule has 51 heavy (non-hydrogen) atoms. The summed E-state index contributed by atoms with van der Waals surface area (Å²) in [6.07, 6.45) is 7.66. The molecule has 2 aliphatic heterocycles. The molecule has 0 radical (unpaired) electrons. The number of nitrogens with zero attached hydrogens (tertiary/aromatic N) is 8. The molecule has 2 aromatic carbocycles. The van der Waals surface area contributed by atoms with Crippen molar-refractivity contribution in [1.29, 1.82) is 0 Å². The molecule has 0 atom stereocenters. The van der Waals surface area contributed by atoms with E-state index < -0.39 is 5.54 Å². The summed E-state index contributed by atoms with van der Waals surface area (Å²) in [6, 6.07) is 12.6. The number of carbonyl (C=O) groups excluding carboxylic acids is 2. The zero-order valence-corrected chi connectivity index (χ0v) is 30.6. The third-order valence-corrected chi connectivity index (χ3v) is 11.2. The van der Waals surface area contributed by atoms with Crippen LogP contribution >= 0.6 is 0 Å². The Morgan fingerprint density at radius 3 is 2.41 bits per heavy atom. The first-order chi connectivity index (χ1) is 24.7. The molecule has 1 saturated carbocycles. The molecule has 4 heterocycles. The van der Waals surface area contributed by atoms with Gasteiger partial charge in [0.2, 0.25) is 11.8 Å². The summed E-state index contributed by atoms with van der Waals surface area (Å²) in [7, 11) is 7.31. The van der Waals surface area contributed by atoms with E-state index in [1.807, 2.05) is 29.9 Å². The van der Waals surface area contributed by atoms with E-state index in [-0.39, 0.29) is 17.7 Å². The molecule has 0 N–H and O–H groups in total. The van der Waals surface area contributed by atoms with E-state index in [1.54, 1.807) is 20.5 Å². The van der Waals surface area contributed by atoms with Crippen LogP contribution in [-0.4, -0.2) is 114 Å². The lowest BCUT2D eigenvalue weighted by Gasteiger charge is -2.52. The smallest absolute Gasteiger partial charge is 0.225 e. The summed E-state index contributed by atoms with van der Waals surface area (Å²) in [6.45, 7) is 6.76. The molecule has 2 amide bonds. The van der Waals surface area contributed by atoms with Crippen LogP contribution in [0.4, 0.5) is 5.82 Å². The number of aryl methyl sites for hydroxylation is 1. The highest BCUT2D eigenvalue weighted by molar-refractivity contribution is 5.87. The lowest BCUT2D eigenvalue weighted by Crippen LogP contribution is -2.56. The molecule has 1 saturated heterocycles. The number of aromatic nitrogens is 4. The Morgan fingerprint density at radius 1 is 0.961 bits per heavy atom. The van der Waals surface area contributed by atoms with Crippen molar-refractivity contribution in [3.8, 4) is 11.5 Å². The summed E-state index contributed by atoms with van der Waals surface area (Å²) in [5.74, 6) is 2.57. The maximum absolute atomic E-state index is 14.0. The standard InChI is InChI=1S/C39H50N8O4/c1-27-7-6-8-28(21-27)25-47-37-31(24-42-47)36(40-26-41-37)44-17-19-45(20-18-44)38(49)29-9-13-39(14-10-29)32-23-34(51-5)33(50-4)22-30(32)11-16-46(39)35(48)12-15-43(2)3/h6-8,21-24,26,29H,9-20,25H2,1-5H3/t29-,39-. The minimum atomic E-state index is -0.464. The second-order valence-electron chi connectivity index (χ2n) is 14.6. The molecule has 1 spiro atoms. The summed E-state index contributed by atoms with van der Waals surface area (Å²) >= 11 is 0. The monoisotopic (exact) mass is 694 g/mol. The van der Waals surface area contributed by atoms with Crippen molar-refractivity contribution >= 4 is 28.7 Å². The van der Waals surface area contributed by atoms with Crippen LogP contribution in [0.15, 0.2) is 48.9 Å². The topological polar surface area (TPSA) is 109 Å². The van der Waals surface area contributed by atoms with Gasteiger partial charge in [-0.15, -0.1) is 0 Å². The van der Waals surface area contributed by atoms with Crippen molar-refractivity contribution in [3.05, 3.63) is 71.2 Å². The molecule has 2 fully saturated rings. The second-order valence-corrected chi connectivity index (χ2v) is 14.6. The highest BCUT2D eigenvalue weighted by atomic mass is 16.5. The summed E-state index contributed by atoms with van der Waals surface area (Å²) in [4.78, 5) is 45.5. The number of fused-ring (bicyclic) bond motifs is 3. The Kier molecular flexibility index (Phi) is 9.87. The van der Waals surface area contributed by atoms with Gasteiger partial charge in [0.05, 0.1) is 37.9 Å². The first-order valence-corrected chi connectivity index (χ1v) is 18.2. The number of ether oxygens (including phenoxy) is 2. The Balaban J connectivity index is 1.04. The van der Waals surface area contributed by atoms with Gasteiger partial charge in [-0.05, 0) is 81.9 Å². The predicted molar refractivity (Wildman–Crippen MR) is 196 cm³/mol. The van der Waals surface area contributed by atoms with Gasteiger partial charge in [0, 0.05) is 51.6 Å². The number of rotatable bonds is 9. The van der Waals surface area contributed by atoms with Gasteiger partial charge < -0.3 is 29.1 Å². The van der Waals surface area contributed by atoms with Crippen molar-refractivity contribution in [2.24, 2.45) is 5.92 Å². The van der Waals surface area contributed by atoms with E-state index in [0.29, 0.717) is 63.7 Å². The number of carbonyl (C=O) groups is 2. The SMILES string of the molecule is COc1cc2c(cc1OC)[C@]1(CC[C@@H](C(=O)N3CCN(c4ncnc5c4cnn5Cc4cccc(C)c4)CC3)CC1)N(C(=O)CCN(C)C)CC2. The van der Waals surface area contributed by atoms with Crippen LogP contribution in [0, 0.1) is 12.8 Å². The van der Waals surface area contributed by atoms with Crippen molar-refractivity contribution in [3.63, 3.8) is 0 Å². The zero-order valence-electron chi connectivity index (χ0n) is 30.6. The van der Waals surface area contributed by atoms with Crippen LogP contribution in [-0.2, 0) is 28.1 Å². The first-order valence-electron chi connectivity index (χ1n) is 18.2. The number of anilines is 1. The van der Waals surface area contributed by atoms with Crippen molar-refractivity contribution in [2.45, 2.75) is 57.5 Å². The van der Waals surface area contributed by atoms with Crippen LogP contribution in [0.25, 0.3) is 11.0 Å². The number of amides is 2. The number of hydrogen-bond donors (Lipinski definition) is 0. The number of benzene rings is 2. The average Bonchev–Trinajstić information content (AvgIpc) is 3.56. The normalized spacial score (nSPS) is 20.6. The maximum atomic E-state index is 14.0. The van der Waals surface area contributed by atoms with Crippen LogP contribution in [0.1, 0.15) is 54.4 Å². The van der Waals surface area contributed by atoms with Crippen molar-refractivity contribution in [2.75, 3.05) is 72.5 Å².